The molecule has 0 radical (unpaired) electrons. The number of hydrogen-bond acceptors (Lipinski definition) is 5. The van der Waals surface area contributed by atoms with Crippen LogP contribution in [0.4, 0.5) is 0 Å². The summed E-state index contributed by atoms with van der Waals surface area (Å²) in [4.78, 5) is 28.5. The fourth-order valence-corrected chi connectivity index (χ4v) is 5.49. The summed E-state index contributed by atoms with van der Waals surface area (Å²) in [7, 11) is -3.59. The normalized spacial score (nSPS) is 16.4. The molecule has 1 fully saturated rings. The van der Waals surface area contributed by atoms with Crippen LogP contribution >= 0.6 is 0 Å². The molecule has 4 rings (SSSR count). The first kappa shape index (κ1) is 22.2. The molecule has 1 unspecified atom stereocenters. The van der Waals surface area contributed by atoms with Crippen molar-refractivity contribution in [2.75, 3.05) is 13.1 Å². The van der Waals surface area contributed by atoms with Crippen molar-refractivity contribution in [3.8, 4) is 0 Å². The zero-order valence-corrected chi connectivity index (χ0v) is 18.7. The Morgan fingerprint density at radius 1 is 0.969 bits per heavy atom. The summed E-state index contributed by atoms with van der Waals surface area (Å²) in [6.07, 6.45) is 4.40. The lowest BCUT2D eigenvalue weighted by molar-refractivity contribution is 0.0319. The van der Waals surface area contributed by atoms with Gasteiger partial charge in [-0.25, -0.2) is 13.2 Å². The Hall–Kier alpha value is -2.97. The molecule has 7 nitrogen and oxygen atoms in total. The van der Waals surface area contributed by atoms with E-state index in [1.807, 2.05) is 24.3 Å². The van der Waals surface area contributed by atoms with Crippen molar-refractivity contribution in [3.05, 3.63) is 65.9 Å². The van der Waals surface area contributed by atoms with Crippen molar-refractivity contribution in [2.24, 2.45) is 0 Å². The Kier molecular flexibility index (Phi) is 6.43. The molecule has 3 aromatic rings. The number of ether oxygens (including phenoxy) is 1. The monoisotopic (exact) mass is 454 g/mol. The molecule has 32 heavy (non-hydrogen) atoms. The van der Waals surface area contributed by atoms with Crippen LogP contribution in [0.15, 0.2) is 59.6 Å². The number of benzene rings is 2. The molecule has 0 amide bonds. The second-order valence-corrected chi connectivity index (χ2v) is 9.94. The summed E-state index contributed by atoms with van der Waals surface area (Å²) in [5, 5.41) is 0.767. The van der Waals surface area contributed by atoms with E-state index in [1.165, 1.54) is 35.5 Å². The third kappa shape index (κ3) is 4.47. The predicted octanol–water partition coefficient (Wildman–Crippen LogP) is 4.16. The predicted molar refractivity (Wildman–Crippen MR) is 121 cm³/mol. The van der Waals surface area contributed by atoms with Gasteiger partial charge in [0.1, 0.15) is 0 Å². The quantitative estimate of drug-likeness (QED) is 0.446. The van der Waals surface area contributed by atoms with Crippen LogP contribution in [0, 0.1) is 0 Å². The van der Waals surface area contributed by atoms with Crippen molar-refractivity contribution in [1.82, 2.24) is 9.29 Å². The second-order valence-electron chi connectivity index (χ2n) is 8.00. The molecule has 2 aromatic carbocycles. The van der Waals surface area contributed by atoms with E-state index in [1.54, 1.807) is 6.20 Å². The first-order chi connectivity index (χ1) is 15.4. The van der Waals surface area contributed by atoms with Crippen LogP contribution in [-0.2, 0) is 14.8 Å². The van der Waals surface area contributed by atoms with Crippen LogP contribution in [0.2, 0.25) is 0 Å². The van der Waals surface area contributed by atoms with E-state index in [9.17, 15) is 18.0 Å². The maximum absolute atomic E-state index is 12.9. The topological polar surface area (TPSA) is 96.5 Å². The number of ketones is 1. The summed E-state index contributed by atoms with van der Waals surface area (Å²) in [5.41, 5.74) is 1.48. The van der Waals surface area contributed by atoms with Crippen molar-refractivity contribution in [3.63, 3.8) is 0 Å². The maximum Gasteiger partial charge on any atom is 0.338 e. The lowest BCUT2D eigenvalue weighted by atomic mass is 10.1. The Balaban J connectivity index is 1.45. The van der Waals surface area contributed by atoms with E-state index in [0.717, 1.165) is 36.6 Å². The highest BCUT2D eigenvalue weighted by molar-refractivity contribution is 7.89. The number of fused-ring (bicyclic) bond motifs is 1. The molecule has 1 atom stereocenters. The van der Waals surface area contributed by atoms with Crippen LogP contribution in [0.5, 0.6) is 0 Å². The number of aromatic amines is 1. The van der Waals surface area contributed by atoms with Gasteiger partial charge in [0.25, 0.3) is 0 Å². The largest absolute Gasteiger partial charge is 0.451 e. The van der Waals surface area contributed by atoms with Crippen molar-refractivity contribution >= 4 is 32.7 Å². The molecule has 1 aromatic heterocycles. The number of H-pyrrole nitrogens is 1. The first-order valence-electron chi connectivity index (χ1n) is 10.8. The number of nitrogens with one attached hydrogen (secondary N) is 1. The Morgan fingerprint density at radius 3 is 2.31 bits per heavy atom. The lowest BCUT2D eigenvalue weighted by Gasteiger charge is -2.20. The smallest absolute Gasteiger partial charge is 0.338 e. The molecule has 0 bridgehead atoms. The van der Waals surface area contributed by atoms with Crippen molar-refractivity contribution in [2.45, 2.75) is 43.6 Å². The molecule has 2 heterocycles. The molecule has 0 aliphatic carbocycles. The number of carbonyl (C=O) groups is 2. The zero-order valence-electron chi connectivity index (χ0n) is 17.9. The third-order valence-corrected chi connectivity index (χ3v) is 7.71. The molecule has 1 aliphatic heterocycles. The molecular formula is C24H26N2O5S. The van der Waals surface area contributed by atoms with Crippen LogP contribution in [0.1, 0.15) is 53.3 Å². The number of esters is 1. The van der Waals surface area contributed by atoms with Gasteiger partial charge in [-0.3, -0.25) is 4.79 Å². The van der Waals surface area contributed by atoms with E-state index in [0.29, 0.717) is 18.7 Å². The van der Waals surface area contributed by atoms with Gasteiger partial charge in [-0.2, -0.15) is 4.31 Å². The van der Waals surface area contributed by atoms with Gasteiger partial charge in [0.15, 0.2) is 6.10 Å². The number of para-hydroxylation sites is 1. The number of rotatable bonds is 6. The zero-order chi connectivity index (χ0) is 22.7. The highest BCUT2D eigenvalue weighted by Crippen LogP contribution is 2.22. The average molecular weight is 455 g/mol. The molecule has 8 heteroatoms. The highest BCUT2D eigenvalue weighted by Gasteiger charge is 2.26. The number of carbonyl (C=O) groups excluding carboxylic acids is 2. The molecular weight excluding hydrogens is 428 g/mol. The molecule has 1 saturated heterocycles. The van der Waals surface area contributed by atoms with E-state index < -0.39 is 22.1 Å². The SMILES string of the molecule is CC(OC(=O)c1ccc(S(=O)(=O)N2CCCCCC2)cc1)C(=O)c1c[nH]c2ccccc12. The van der Waals surface area contributed by atoms with Gasteiger partial charge < -0.3 is 9.72 Å². The minimum absolute atomic E-state index is 0.152. The molecule has 1 N–H and O–H groups in total. The minimum atomic E-state index is -3.59. The van der Waals surface area contributed by atoms with Crippen LogP contribution in [0.25, 0.3) is 10.9 Å². The molecule has 168 valence electrons. The van der Waals surface area contributed by atoms with E-state index in [4.69, 9.17) is 4.74 Å². The highest BCUT2D eigenvalue weighted by atomic mass is 32.2. The summed E-state index contributed by atoms with van der Waals surface area (Å²) in [5.74, 6) is -0.986. The molecule has 0 spiro atoms. The van der Waals surface area contributed by atoms with E-state index in [-0.39, 0.29) is 16.2 Å². The number of Topliss-reactive ketones (excluding diaryl/α,β-unsaturated/α-hetero) is 1. The average Bonchev–Trinajstić information content (AvgIpc) is 3.03. The van der Waals surface area contributed by atoms with Gasteiger partial charge in [-0.1, -0.05) is 31.0 Å². The van der Waals surface area contributed by atoms with Crippen molar-refractivity contribution in [1.29, 1.82) is 0 Å². The third-order valence-electron chi connectivity index (χ3n) is 5.80. The lowest BCUT2D eigenvalue weighted by Crippen LogP contribution is -2.32. The van der Waals surface area contributed by atoms with E-state index >= 15 is 0 Å². The van der Waals surface area contributed by atoms with Gasteiger partial charge >= 0.3 is 5.97 Å². The minimum Gasteiger partial charge on any atom is -0.451 e. The summed E-state index contributed by atoms with van der Waals surface area (Å²) in [6.45, 7) is 2.55. The molecule has 1 aliphatic rings. The van der Waals surface area contributed by atoms with Gasteiger partial charge in [0.05, 0.1) is 10.5 Å². The number of sulfonamides is 1. The van der Waals surface area contributed by atoms with Crippen LogP contribution < -0.4 is 0 Å². The summed E-state index contributed by atoms with van der Waals surface area (Å²) in [6, 6.07) is 13.1. The van der Waals surface area contributed by atoms with E-state index in [2.05, 4.69) is 4.98 Å². The van der Waals surface area contributed by atoms with Gasteiger partial charge in [0.2, 0.25) is 15.8 Å². The Bertz CT molecular complexity index is 1220. The number of hydrogen-bond donors (Lipinski definition) is 1. The first-order valence-corrected chi connectivity index (χ1v) is 12.2. The summed E-state index contributed by atoms with van der Waals surface area (Å²) < 4.78 is 32.7. The van der Waals surface area contributed by atoms with Crippen molar-refractivity contribution < 1.29 is 22.7 Å². The number of aromatic nitrogens is 1. The maximum atomic E-state index is 12.9. The van der Waals surface area contributed by atoms with Gasteiger partial charge in [-0.15, -0.1) is 0 Å². The van der Waals surface area contributed by atoms with Gasteiger partial charge in [-0.05, 0) is 50.1 Å². The fourth-order valence-electron chi connectivity index (χ4n) is 3.97. The van der Waals surface area contributed by atoms with Crippen LogP contribution in [-0.4, -0.2) is 48.7 Å². The standard InChI is InChI=1S/C24H26N2O5S/c1-17(23(27)21-16-25-22-9-5-4-8-20(21)22)31-24(28)18-10-12-19(13-11-18)32(29,30)26-14-6-2-3-7-15-26/h4-5,8-13,16-17,25H,2-3,6-7,14-15H2,1H3. The van der Waals surface area contributed by atoms with Gasteiger partial charge in [0, 0.05) is 35.8 Å². The summed E-state index contributed by atoms with van der Waals surface area (Å²) >= 11 is 0. The fraction of sp³-hybridized carbons (Fsp3) is 0.333. The second kappa shape index (κ2) is 9.26. The van der Waals surface area contributed by atoms with Crippen LogP contribution in [0.3, 0.4) is 0 Å². The number of nitrogens with zero attached hydrogens (tertiary/aromatic N) is 1. The Morgan fingerprint density at radius 2 is 1.62 bits per heavy atom. The Labute approximate surface area is 187 Å². The molecule has 0 saturated carbocycles.